The number of benzene rings is 1. The zero-order chi connectivity index (χ0) is 12.6. The van der Waals surface area contributed by atoms with Gasteiger partial charge >= 0.3 is 5.97 Å². The van der Waals surface area contributed by atoms with Gasteiger partial charge in [-0.3, -0.25) is 4.79 Å². The molecule has 0 saturated heterocycles. The van der Waals surface area contributed by atoms with Crippen molar-refractivity contribution >= 4 is 27.7 Å². The Labute approximate surface area is 108 Å². The number of carbonyl (C=O) groups excluding carboxylic acids is 2. The van der Waals surface area contributed by atoms with E-state index in [0.29, 0.717) is 17.6 Å². The number of ketones is 1. The van der Waals surface area contributed by atoms with Crippen molar-refractivity contribution in [3.63, 3.8) is 0 Å². The molecule has 0 N–H and O–H groups in total. The van der Waals surface area contributed by atoms with Crippen molar-refractivity contribution in [2.24, 2.45) is 0 Å². The van der Waals surface area contributed by atoms with Gasteiger partial charge in [0.1, 0.15) is 0 Å². The number of ether oxygens (including phenoxy) is 1. The van der Waals surface area contributed by atoms with Crippen LogP contribution in [0.15, 0.2) is 34.8 Å². The Morgan fingerprint density at radius 2 is 2.24 bits per heavy atom. The molecule has 0 spiro atoms. The molecule has 0 aromatic heterocycles. The summed E-state index contributed by atoms with van der Waals surface area (Å²) >= 11 is 3.35. The normalized spacial score (nSPS) is 17.8. The third-order valence-corrected chi connectivity index (χ3v) is 3.12. The SMILES string of the molecule is C=C(C)C(=O)OC1Cc2cc(Br)ccc2C1=O. The summed E-state index contributed by atoms with van der Waals surface area (Å²) in [6.45, 7) is 5.05. The summed E-state index contributed by atoms with van der Waals surface area (Å²) in [6, 6.07) is 5.43. The van der Waals surface area contributed by atoms with Gasteiger partial charge in [0.15, 0.2) is 6.10 Å². The molecular weight excluding hydrogens is 284 g/mol. The molecule has 1 atom stereocenters. The molecule has 1 aromatic carbocycles. The number of esters is 1. The van der Waals surface area contributed by atoms with Crippen LogP contribution in [0.3, 0.4) is 0 Å². The molecule has 1 aliphatic rings. The highest BCUT2D eigenvalue weighted by molar-refractivity contribution is 9.10. The van der Waals surface area contributed by atoms with E-state index in [1.807, 2.05) is 6.07 Å². The second kappa shape index (κ2) is 4.45. The molecular formula is C13H11BrO3. The molecule has 4 heteroatoms. The monoisotopic (exact) mass is 294 g/mol. The van der Waals surface area contributed by atoms with E-state index < -0.39 is 12.1 Å². The predicted molar refractivity (Wildman–Crippen MR) is 66.9 cm³/mol. The van der Waals surface area contributed by atoms with E-state index in [9.17, 15) is 9.59 Å². The molecule has 0 saturated carbocycles. The minimum absolute atomic E-state index is 0.137. The fourth-order valence-electron chi connectivity index (χ4n) is 1.76. The van der Waals surface area contributed by atoms with Crippen LogP contribution in [0, 0.1) is 0 Å². The van der Waals surface area contributed by atoms with Crippen LogP contribution in [0.25, 0.3) is 0 Å². The van der Waals surface area contributed by atoms with Gasteiger partial charge in [0.25, 0.3) is 0 Å². The molecule has 1 aromatic rings. The van der Waals surface area contributed by atoms with Gasteiger partial charge in [-0.05, 0) is 30.7 Å². The summed E-state index contributed by atoms with van der Waals surface area (Å²) in [5.74, 6) is -0.655. The van der Waals surface area contributed by atoms with Crippen molar-refractivity contribution in [2.45, 2.75) is 19.4 Å². The van der Waals surface area contributed by atoms with Crippen molar-refractivity contribution in [1.29, 1.82) is 0 Å². The van der Waals surface area contributed by atoms with Gasteiger partial charge in [-0.15, -0.1) is 0 Å². The summed E-state index contributed by atoms with van der Waals surface area (Å²) in [5, 5.41) is 0. The van der Waals surface area contributed by atoms with Crippen LogP contribution >= 0.6 is 15.9 Å². The maximum atomic E-state index is 11.9. The lowest BCUT2D eigenvalue weighted by Crippen LogP contribution is -2.24. The van der Waals surface area contributed by atoms with Gasteiger partial charge in [-0.1, -0.05) is 22.5 Å². The molecule has 0 bridgehead atoms. The average Bonchev–Trinajstić information content (AvgIpc) is 2.55. The van der Waals surface area contributed by atoms with E-state index in [4.69, 9.17) is 4.74 Å². The first-order chi connectivity index (χ1) is 7.99. The van der Waals surface area contributed by atoms with E-state index in [1.54, 1.807) is 19.1 Å². The molecule has 0 radical (unpaired) electrons. The first-order valence-electron chi connectivity index (χ1n) is 5.18. The number of fused-ring (bicyclic) bond motifs is 1. The minimum Gasteiger partial charge on any atom is -0.450 e. The van der Waals surface area contributed by atoms with Crippen molar-refractivity contribution in [3.8, 4) is 0 Å². The summed E-state index contributed by atoms with van der Waals surface area (Å²) < 4.78 is 6.02. The van der Waals surface area contributed by atoms with Crippen molar-refractivity contribution in [2.75, 3.05) is 0 Å². The molecule has 1 aliphatic carbocycles. The van der Waals surface area contributed by atoms with Crippen molar-refractivity contribution in [3.05, 3.63) is 46.0 Å². The van der Waals surface area contributed by atoms with Crippen LogP contribution in [0.4, 0.5) is 0 Å². The molecule has 2 rings (SSSR count). The summed E-state index contributed by atoms with van der Waals surface area (Å²) in [7, 11) is 0. The number of hydrogen-bond acceptors (Lipinski definition) is 3. The largest absolute Gasteiger partial charge is 0.450 e. The van der Waals surface area contributed by atoms with Crippen LogP contribution < -0.4 is 0 Å². The Morgan fingerprint density at radius 1 is 1.53 bits per heavy atom. The van der Waals surface area contributed by atoms with E-state index in [2.05, 4.69) is 22.5 Å². The van der Waals surface area contributed by atoms with E-state index in [1.165, 1.54) is 0 Å². The summed E-state index contributed by atoms with van der Waals surface area (Å²) in [6.07, 6.45) is -0.268. The average molecular weight is 295 g/mol. The number of rotatable bonds is 2. The van der Waals surface area contributed by atoms with Gasteiger partial charge in [0.05, 0.1) is 0 Å². The Bertz CT molecular complexity index is 519. The molecule has 17 heavy (non-hydrogen) atoms. The third-order valence-electron chi connectivity index (χ3n) is 2.63. The highest BCUT2D eigenvalue weighted by Gasteiger charge is 2.33. The maximum Gasteiger partial charge on any atom is 0.333 e. The standard InChI is InChI=1S/C13H11BrO3/c1-7(2)13(16)17-11-6-8-5-9(14)3-4-10(8)12(11)15/h3-5,11H,1,6H2,2H3. The number of halogens is 1. The van der Waals surface area contributed by atoms with E-state index in [-0.39, 0.29) is 5.78 Å². The first-order valence-corrected chi connectivity index (χ1v) is 5.97. The maximum absolute atomic E-state index is 11.9. The molecule has 0 heterocycles. The highest BCUT2D eigenvalue weighted by atomic mass is 79.9. The Kier molecular flexibility index (Phi) is 3.15. The van der Waals surface area contributed by atoms with E-state index >= 15 is 0 Å². The molecule has 88 valence electrons. The Hall–Kier alpha value is -1.42. The Balaban J connectivity index is 2.20. The Morgan fingerprint density at radius 3 is 2.88 bits per heavy atom. The fraction of sp³-hybridized carbons (Fsp3) is 0.231. The third kappa shape index (κ3) is 2.31. The van der Waals surface area contributed by atoms with Crippen molar-refractivity contribution in [1.82, 2.24) is 0 Å². The molecule has 0 fully saturated rings. The minimum atomic E-state index is -0.705. The van der Waals surface area contributed by atoms with Crippen molar-refractivity contribution < 1.29 is 14.3 Å². The smallest absolute Gasteiger partial charge is 0.333 e. The molecule has 1 unspecified atom stereocenters. The summed E-state index contributed by atoms with van der Waals surface area (Å²) in [5.41, 5.74) is 1.84. The molecule has 0 aliphatic heterocycles. The quantitative estimate of drug-likeness (QED) is 0.622. The van der Waals surface area contributed by atoms with Crippen LogP contribution in [-0.2, 0) is 16.0 Å². The van der Waals surface area contributed by atoms with Crippen LogP contribution in [0.1, 0.15) is 22.8 Å². The zero-order valence-corrected chi connectivity index (χ0v) is 10.9. The molecule has 0 amide bonds. The highest BCUT2D eigenvalue weighted by Crippen LogP contribution is 2.27. The van der Waals surface area contributed by atoms with Crippen LogP contribution in [0.5, 0.6) is 0 Å². The molecule has 3 nitrogen and oxygen atoms in total. The lowest BCUT2D eigenvalue weighted by molar-refractivity contribution is -0.141. The zero-order valence-electron chi connectivity index (χ0n) is 9.33. The van der Waals surface area contributed by atoms with Crippen LogP contribution in [0.2, 0.25) is 0 Å². The number of Topliss-reactive ketones (excluding diaryl/α,β-unsaturated/α-hetero) is 1. The lowest BCUT2D eigenvalue weighted by Gasteiger charge is -2.09. The second-order valence-corrected chi connectivity index (χ2v) is 4.96. The first kappa shape index (κ1) is 12.0. The van der Waals surface area contributed by atoms with Gasteiger partial charge in [-0.25, -0.2) is 4.79 Å². The van der Waals surface area contributed by atoms with Gasteiger partial charge in [0, 0.05) is 22.0 Å². The van der Waals surface area contributed by atoms with Crippen LogP contribution in [-0.4, -0.2) is 17.9 Å². The topological polar surface area (TPSA) is 43.4 Å². The van der Waals surface area contributed by atoms with Gasteiger partial charge in [0.2, 0.25) is 5.78 Å². The fourth-order valence-corrected chi connectivity index (χ4v) is 2.17. The predicted octanol–water partition coefficient (Wildman–Crippen LogP) is 2.68. The van der Waals surface area contributed by atoms with E-state index in [0.717, 1.165) is 10.0 Å². The second-order valence-electron chi connectivity index (χ2n) is 4.04. The number of hydrogen-bond donors (Lipinski definition) is 0. The van der Waals surface area contributed by atoms with Gasteiger partial charge in [-0.2, -0.15) is 0 Å². The van der Waals surface area contributed by atoms with Gasteiger partial charge < -0.3 is 4.74 Å². The number of carbonyl (C=O) groups is 2. The summed E-state index contributed by atoms with van der Waals surface area (Å²) in [4.78, 5) is 23.3. The lowest BCUT2D eigenvalue weighted by atomic mass is 10.1.